The lowest BCUT2D eigenvalue weighted by Crippen LogP contribution is -2.29. The van der Waals surface area contributed by atoms with E-state index < -0.39 is 12.6 Å². The van der Waals surface area contributed by atoms with Crippen LogP contribution in [0.5, 0.6) is 11.5 Å². The second kappa shape index (κ2) is 6.59. The number of benzene rings is 1. The van der Waals surface area contributed by atoms with Gasteiger partial charge >= 0.3 is 0 Å². The maximum absolute atomic E-state index is 11.6. The molecule has 2 rings (SSSR count). The fraction of sp³-hybridized carbons (Fsp3) is 0.154. The van der Waals surface area contributed by atoms with E-state index in [1.165, 1.54) is 18.9 Å². The molecule has 1 N–H and O–H groups in total. The highest BCUT2D eigenvalue weighted by molar-refractivity contribution is 8.26. The number of carboxylic acid groups (broad SMARTS) is 1. The van der Waals surface area contributed by atoms with Crippen LogP contribution in [0.15, 0.2) is 23.1 Å². The predicted molar refractivity (Wildman–Crippen MR) is 79.8 cm³/mol. The molecule has 0 aliphatic carbocycles. The quantitative estimate of drug-likeness (QED) is 0.616. The molecule has 0 radical (unpaired) electrons. The van der Waals surface area contributed by atoms with Crippen LogP contribution in [0.2, 0.25) is 0 Å². The standard InChI is InChI=1S/C13H11NO5S2/c1-18-9-4-7(2-3-8(9)19-6-11(15)16)5-10-12(17)14-13(20)21-10/h2-5H,6H2,1H3,(H,15,16)(H,14,17,20)/p-1/b10-5+. The van der Waals surface area contributed by atoms with Gasteiger partial charge in [-0.15, -0.1) is 0 Å². The molecule has 0 aromatic heterocycles. The molecule has 1 saturated heterocycles. The molecule has 6 nitrogen and oxygen atoms in total. The van der Waals surface area contributed by atoms with E-state index in [0.717, 1.165) is 0 Å². The fourth-order valence-corrected chi connectivity index (χ4v) is 2.65. The van der Waals surface area contributed by atoms with Crippen molar-refractivity contribution in [2.45, 2.75) is 0 Å². The normalized spacial score (nSPS) is 16.0. The zero-order chi connectivity index (χ0) is 15.4. The highest BCUT2D eigenvalue weighted by atomic mass is 32.2. The van der Waals surface area contributed by atoms with Crippen LogP contribution in [0.1, 0.15) is 5.56 Å². The van der Waals surface area contributed by atoms with Gasteiger partial charge in [-0.3, -0.25) is 4.79 Å². The molecule has 1 heterocycles. The van der Waals surface area contributed by atoms with Gasteiger partial charge in [0, 0.05) is 0 Å². The number of aliphatic carboxylic acids is 1. The molecule has 0 saturated carbocycles. The minimum atomic E-state index is -1.32. The van der Waals surface area contributed by atoms with Crippen molar-refractivity contribution in [3.63, 3.8) is 0 Å². The van der Waals surface area contributed by atoms with Crippen molar-refractivity contribution in [2.75, 3.05) is 13.7 Å². The van der Waals surface area contributed by atoms with Gasteiger partial charge in [0.1, 0.15) is 10.9 Å². The van der Waals surface area contributed by atoms with E-state index in [1.54, 1.807) is 24.3 Å². The molecule has 0 atom stereocenters. The number of nitrogens with one attached hydrogen (secondary N) is 1. The number of carboxylic acids is 1. The Morgan fingerprint density at radius 2 is 2.24 bits per heavy atom. The second-order valence-corrected chi connectivity index (χ2v) is 5.64. The second-order valence-electron chi connectivity index (χ2n) is 3.92. The summed E-state index contributed by atoms with van der Waals surface area (Å²) in [7, 11) is 1.43. The van der Waals surface area contributed by atoms with Crippen molar-refractivity contribution in [1.29, 1.82) is 0 Å². The average Bonchev–Trinajstić information content (AvgIpc) is 2.75. The maximum atomic E-state index is 11.6. The summed E-state index contributed by atoms with van der Waals surface area (Å²) in [6.45, 7) is -0.566. The molecule has 110 valence electrons. The minimum Gasteiger partial charge on any atom is -0.546 e. The van der Waals surface area contributed by atoms with Gasteiger partial charge in [0.05, 0.1) is 18.0 Å². The first-order valence-electron chi connectivity index (χ1n) is 5.75. The Kier molecular flexibility index (Phi) is 4.81. The molecular weight excluding hydrogens is 314 g/mol. The van der Waals surface area contributed by atoms with Crippen molar-refractivity contribution in [1.82, 2.24) is 5.32 Å². The Morgan fingerprint density at radius 1 is 1.48 bits per heavy atom. The lowest BCUT2D eigenvalue weighted by atomic mass is 10.2. The third kappa shape index (κ3) is 3.96. The Hall–Kier alpha value is -2.06. The number of hydrogen-bond acceptors (Lipinski definition) is 7. The average molecular weight is 324 g/mol. The van der Waals surface area contributed by atoms with E-state index >= 15 is 0 Å². The van der Waals surface area contributed by atoms with Gasteiger partial charge in [0.15, 0.2) is 11.5 Å². The summed E-state index contributed by atoms with van der Waals surface area (Å²) in [6, 6.07) is 4.87. The molecular formula is C13H10NO5S2-. The predicted octanol–water partition coefficient (Wildman–Crippen LogP) is 0.313. The number of methoxy groups -OCH3 is 1. The zero-order valence-corrected chi connectivity index (χ0v) is 12.5. The monoisotopic (exact) mass is 324 g/mol. The number of ether oxygens (including phenoxy) is 2. The number of hydrogen-bond donors (Lipinski definition) is 1. The number of thiocarbonyl (C=S) groups is 1. The van der Waals surface area contributed by atoms with E-state index in [0.29, 0.717) is 20.5 Å². The van der Waals surface area contributed by atoms with Crippen LogP contribution in [-0.4, -0.2) is 29.9 Å². The number of carbonyl (C=O) groups excluding carboxylic acids is 2. The summed E-state index contributed by atoms with van der Waals surface area (Å²) < 4.78 is 10.6. The third-order valence-electron chi connectivity index (χ3n) is 2.47. The largest absolute Gasteiger partial charge is 0.546 e. The number of rotatable bonds is 5. The Bertz CT molecular complexity index is 641. The Balaban J connectivity index is 2.23. The molecule has 21 heavy (non-hydrogen) atoms. The van der Waals surface area contributed by atoms with Gasteiger partial charge in [-0.2, -0.15) is 0 Å². The fourth-order valence-electron chi connectivity index (χ4n) is 1.60. The summed E-state index contributed by atoms with van der Waals surface area (Å²) in [6.07, 6.45) is 1.66. The smallest absolute Gasteiger partial charge is 0.263 e. The number of carbonyl (C=O) groups is 2. The number of thioether (sulfide) groups is 1. The molecule has 8 heteroatoms. The molecule has 1 amide bonds. The summed E-state index contributed by atoms with van der Waals surface area (Å²) in [4.78, 5) is 22.4. The topological polar surface area (TPSA) is 87.7 Å². The van der Waals surface area contributed by atoms with Gasteiger partial charge < -0.3 is 24.7 Å². The van der Waals surface area contributed by atoms with Crippen LogP contribution >= 0.6 is 24.0 Å². The van der Waals surface area contributed by atoms with Crippen LogP contribution < -0.4 is 19.9 Å². The van der Waals surface area contributed by atoms with Crippen LogP contribution in [-0.2, 0) is 9.59 Å². The molecule has 1 aromatic rings. The van der Waals surface area contributed by atoms with Crippen molar-refractivity contribution in [3.8, 4) is 11.5 Å². The zero-order valence-electron chi connectivity index (χ0n) is 10.9. The molecule has 1 aliphatic rings. The molecule has 0 unspecified atom stereocenters. The van der Waals surface area contributed by atoms with Gasteiger partial charge in [0.2, 0.25) is 0 Å². The van der Waals surface area contributed by atoms with E-state index in [4.69, 9.17) is 21.7 Å². The highest BCUT2D eigenvalue weighted by Gasteiger charge is 2.22. The summed E-state index contributed by atoms with van der Waals surface area (Å²) in [5, 5.41) is 12.9. The van der Waals surface area contributed by atoms with E-state index in [9.17, 15) is 14.7 Å². The van der Waals surface area contributed by atoms with E-state index in [-0.39, 0.29) is 11.7 Å². The summed E-state index contributed by atoms with van der Waals surface area (Å²) >= 11 is 6.08. The van der Waals surface area contributed by atoms with Crippen LogP contribution in [0.25, 0.3) is 6.08 Å². The lowest BCUT2D eigenvalue weighted by molar-refractivity contribution is -0.307. The van der Waals surface area contributed by atoms with Gasteiger partial charge in [-0.1, -0.05) is 30.0 Å². The van der Waals surface area contributed by atoms with Crippen LogP contribution in [0.3, 0.4) is 0 Å². The molecule has 0 spiro atoms. The van der Waals surface area contributed by atoms with E-state index in [2.05, 4.69) is 5.32 Å². The molecule has 1 aromatic carbocycles. The molecule has 0 bridgehead atoms. The number of amides is 1. The van der Waals surface area contributed by atoms with Gasteiger partial charge in [-0.25, -0.2) is 0 Å². The van der Waals surface area contributed by atoms with Crippen molar-refractivity contribution in [3.05, 3.63) is 28.7 Å². The molecule has 1 fully saturated rings. The van der Waals surface area contributed by atoms with Gasteiger partial charge in [-0.05, 0) is 23.8 Å². The highest BCUT2D eigenvalue weighted by Crippen LogP contribution is 2.31. The van der Waals surface area contributed by atoms with Crippen molar-refractivity contribution >= 4 is 46.3 Å². The maximum Gasteiger partial charge on any atom is 0.263 e. The first-order chi connectivity index (χ1) is 9.99. The Morgan fingerprint density at radius 3 is 2.81 bits per heavy atom. The first kappa shape index (κ1) is 15.3. The SMILES string of the molecule is COc1cc(/C=C2/SC(=S)NC2=O)ccc1OCC(=O)[O-]. The first-order valence-corrected chi connectivity index (χ1v) is 6.97. The summed E-state index contributed by atoms with van der Waals surface area (Å²) in [5.41, 5.74) is 0.704. The van der Waals surface area contributed by atoms with E-state index in [1.807, 2.05) is 0 Å². The van der Waals surface area contributed by atoms with Crippen LogP contribution in [0, 0.1) is 0 Å². The molecule has 1 aliphatic heterocycles. The van der Waals surface area contributed by atoms with Gasteiger partial charge in [0.25, 0.3) is 5.91 Å². The summed E-state index contributed by atoms with van der Waals surface area (Å²) in [5.74, 6) is -0.934. The Labute approximate surface area is 130 Å². The third-order valence-corrected chi connectivity index (χ3v) is 3.64. The minimum absolute atomic E-state index is 0.249. The van der Waals surface area contributed by atoms with Crippen LogP contribution in [0.4, 0.5) is 0 Å². The van der Waals surface area contributed by atoms with Crippen molar-refractivity contribution < 1.29 is 24.2 Å². The van der Waals surface area contributed by atoms with Crippen molar-refractivity contribution in [2.24, 2.45) is 0 Å². The lowest BCUT2D eigenvalue weighted by Gasteiger charge is -2.11.